The molecule has 1 aliphatic heterocycles. The number of nitrogens with zero attached hydrogens (tertiary/aromatic N) is 1. The topological polar surface area (TPSA) is 37.6 Å². The summed E-state index contributed by atoms with van der Waals surface area (Å²) in [5, 5.41) is 4.62. The van der Waals surface area contributed by atoms with Crippen molar-refractivity contribution in [2.45, 2.75) is 33.0 Å². The zero-order chi connectivity index (χ0) is 14.7. The molecule has 0 spiro atoms. The van der Waals surface area contributed by atoms with E-state index in [1.807, 2.05) is 6.07 Å². The Kier molecular flexibility index (Phi) is 4.58. The Labute approximate surface area is 126 Å². The minimum absolute atomic E-state index is 0.314. The number of hydrogen-bond donors (Lipinski definition) is 1. The first-order chi connectivity index (χ1) is 10.3. The SMILES string of the molecule is CCNCc1oc2ccccc2c1CN1CCOC(C)C1. The van der Waals surface area contributed by atoms with Gasteiger partial charge in [0.05, 0.1) is 19.3 Å². The van der Waals surface area contributed by atoms with Crippen LogP contribution < -0.4 is 5.32 Å². The van der Waals surface area contributed by atoms with Gasteiger partial charge in [-0.3, -0.25) is 4.90 Å². The van der Waals surface area contributed by atoms with Crippen molar-refractivity contribution >= 4 is 11.0 Å². The van der Waals surface area contributed by atoms with Crippen LogP contribution in [0.3, 0.4) is 0 Å². The number of para-hydroxylation sites is 1. The number of nitrogens with one attached hydrogen (secondary N) is 1. The molecular weight excluding hydrogens is 264 g/mol. The van der Waals surface area contributed by atoms with Crippen molar-refractivity contribution in [3.63, 3.8) is 0 Å². The number of hydrogen-bond acceptors (Lipinski definition) is 4. The van der Waals surface area contributed by atoms with Gasteiger partial charge < -0.3 is 14.5 Å². The molecule has 1 N–H and O–H groups in total. The van der Waals surface area contributed by atoms with Crippen LogP contribution in [0.25, 0.3) is 11.0 Å². The molecule has 1 atom stereocenters. The highest BCUT2D eigenvalue weighted by Crippen LogP contribution is 2.27. The average molecular weight is 288 g/mol. The standard InChI is InChI=1S/C17H24N2O2/c1-3-18-10-17-15(12-19-8-9-20-13(2)11-19)14-6-4-5-7-16(14)21-17/h4-7,13,18H,3,8-12H2,1-2H3. The van der Waals surface area contributed by atoms with Crippen LogP contribution in [-0.2, 0) is 17.8 Å². The normalized spacial score (nSPS) is 20.2. The van der Waals surface area contributed by atoms with Gasteiger partial charge in [-0.25, -0.2) is 0 Å². The van der Waals surface area contributed by atoms with E-state index >= 15 is 0 Å². The summed E-state index contributed by atoms with van der Waals surface area (Å²) in [4.78, 5) is 2.46. The smallest absolute Gasteiger partial charge is 0.134 e. The third-order valence-electron chi connectivity index (χ3n) is 4.02. The van der Waals surface area contributed by atoms with E-state index in [-0.39, 0.29) is 0 Å². The molecule has 1 fully saturated rings. The lowest BCUT2D eigenvalue weighted by Crippen LogP contribution is -2.40. The Bertz CT molecular complexity index is 593. The summed E-state index contributed by atoms with van der Waals surface area (Å²) in [6.45, 7) is 9.73. The fourth-order valence-electron chi connectivity index (χ4n) is 2.96. The van der Waals surface area contributed by atoms with Crippen molar-refractivity contribution in [2.24, 2.45) is 0 Å². The quantitative estimate of drug-likeness (QED) is 0.918. The minimum Gasteiger partial charge on any atom is -0.459 e. The van der Waals surface area contributed by atoms with Gasteiger partial charge in [0.1, 0.15) is 11.3 Å². The number of rotatable bonds is 5. The molecule has 0 bridgehead atoms. The van der Waals surface area contributed by atoms with Crippen LogP contribution in [0.1, 0.15) is 25.2 Å². The first-order valence-electron chi connectivity index (χ1n) is 7.82. The molecule has 1 aliphatic rings. The monoisotopic (exact) mass is 288 g/mol. The summed E-state index contributed by atoms with van der Waals surface area (Å²) >= 11 is 0. The van der Waals surface area contributed by atoms with Crippen molar-refractivity contribution in [1.29, 1.82) is 0 Å². The number of morpholine rings is 1. The van der Waals surface area contributed by atoms with E-state index < -0.39 is 0 Å². The highest BCUT2D eigenvalue weighted by molar-refractivity contribution is 5.82. The second-order valence-electron chi connectivity index (χ2n) is 5.70. The van der Waals surface area contributed by atoms with Crippen molar-refractivity contribution in [3.05, 3.63) is 35.6 Å². The van der Waals surface area contributed by atoms with Crippen molar-refractivity contribution < 1.29 is 9.15 Å². The van der Waals surface area contributed by atoms with Crippen molar-refractivity contribution in [2.75, 3.05) is 26.2 Å². The third-order valence-corrected chi connectivity index (χ3v) is 4.02. The molecular formula is C17H24N2O2. The molecule has 2 heterocycles. The van der Waals surface area contributed by atoms with E-state index in [0.717, 1.165) is 50.7 Å². The Morgan fingerprint density at radius 1 is 1.33 bits per heavy atom. The second-order valence-corrected chi connectivity index (χ2v) is 5.70. The summed E-state index contributed by atoms with van der Waals surface area (Å²) in [6, 6.07) is 8.33. The van der Waals surface area contributed by atoms with Gasteiger partial charge in [0, 0.05) is 30.6 Å². The molecule has 0 radical (unpaired) electrons. The maximum atomic E-state index is 6.05. The molecule has 0 aliphatic carbocycles. The maximum Gasteiger partial charge on any atom is 0.134 e. The Morgan fingerprint density at radius 2 is 2.19 bits per heavy atom. The van der Waals surface area contributed by atoms with E-state index in [2.05, 4.69) is 42.3 Å². The Morgan fingerprint density at radius 3 is 3.00 bits per heavy atom. The first-order valence-corrected chi connectivity index (χ1v) is 7.82. The highest BCUT2D eigenvalue weighted by atomic mass is 16.5. The van der Waals surface area contributed by atoms with E-state index in [1.54, 1.807) is 0 Å². The van der Waals surface area contributed by atoms with Gasteiger partial charge in [0.25, 0.3) is 0 Å². The van der Waals surface area contributed by atoms with E-state index in [4.69, 9.17) is 9.15 Å². The molecule has 0 saturated carbocycles. The van der Waals surface area contributed by atoms with Gasteiger partial charge in [-0.2, -0.15) is 0 Å². The van der Waals surface area contributed by atoms with Gasteiger partial charge in [0.2, 0.25) is 0 Å². The summed E-state index contributed by atoms with van der Waals surface area (Å²) in [7, 11) is 0. The fourth-order valence-corrected chi connectivity index (χ4v) is 2.96. The number of benzene rings is 1. The molecule has 1 aromatic carbocycles. The molecule has 21 heavy (non-hydrogen) atoms. The van der Waals surface area contributed by atoms with Crippen LogP contribution >= 0.6 is 0 Å². The third kappa shape index (κ3) is 3.28. The van der Waals surface area contributed by atoms with Gasteiger partial charge >= 0.3 is 0 Å². The first kappa shape index (κ1) is 14.6. The van der Waals surface area contributed by atoms with E-state index in [9.17, 15) is 0 Å². The van der Waals surface area contributed by atoms with Crippen LogP contribution in [0.4, 0.5) is 0 Å². The van der Waals surface area contributed by atoms with Crippen LogP contribution in [0.5, 0.6) is 0 Å². The van der Waals surface area contributed by atoms with Crippen molar-refractivity contribution in [1.82, 2.24) is 10.2 Å². The molecule has 1 saturated heterocycles. The van der Waals surface area contributed by atoms with Crippen LogP contribution in [-0.4, -0.2) is 37.2 Å². The zero-order valence-corrected chi connectivity index (χ0v) is 12.9. The van der Waals surface area contributed by atoms with Crippen molar-refractivity contribution in [3.8, 4) is 0 Å². The maximum absolute atomic E-state index is 6.05. The summed E-state index contributed by atoms with van der Waals surface area (Å²) < 4.78 is 11.7. The van der Waals surface area contributed by atoms with Crippen LogP contribution in [0.2, 0.25) is 0 Å². The average Bonchev–Trinajstić information content (AvgIpc) is 2.83. The fraction of sp³-hybridized carbons (Fsp3) is 0.529. The lowest BCUT2D eigenvalue weighted by atomic mass is 10.1. The molecule has 114 valence electrons. The van der Waals surface area contributed by atoms with Gasteiger partial charge in [0.15, 0.2) is 0 Å². The van der Waals surface area contributed by atoms with Crippen LogP contribution in [0.15, 0.2) is 28.7 Å². The lowest BCUT2D eigenvalue weighted by molar-refractivity contribution is -0.0212. The number of furan rings is 1. The predicted octanol–water partition coefficient (Wildman–Crippen LogP) is 2.76. The van der Waals surface area contributed by atoms with Crippen LogP contribution in [0, 0.1) is 0 Å². The molecule has 4 heteroatoms. The summed E-state index contributed by atoms with van der Waals surface area (Å²) in [5.74, 6) is 1.07. The van der Waals surface area contributed by atoms with Gasteiger partial charge in [-0.05, 0) is 19.5 Å². The lowest BCUT2D eigenvalue weighted by Gasteiger charge is -2.31. The van der Waals surface area contributed by atoms with Gasteiger partial charge in [-0.15, -0.1) is 0 Å². The largest absolute Gasteiger partial charge is 0.459 e. The predicted molar refractivity (Wildman–Crippen MR) is 84.3 cm³/mol. The minimum atomic E-state index is 0.314. The molecule has 4 nitrogen and oxygen atoms in total. The van der Waals surface area contributed by atoms with Gasteiger partial charge in [-0.1, -0.05) is 25.1 Å². The van der Waals surface area contributed by atoms with E-state index in [0.29, 0.717) is 6.10 Å². The Hall–Kier alpha value is -1.36. The number of ether oxygens (including phenoxy) is 1. The summed E-state index contributed by atoms with van der Waals surface area (Å²) in [5.41, 5.74) is 2.31. The Balaban J connectivity index is 1.87. The number of fused-ring (bicyclic) bond motifs is 1. The van der Waals surface area contributed by atoms with E-state index in [1.165, 1.54) is 10.9 Å². The second kappa shape index (κ2) is 6.60. The molecule has 3 rings (SSSR count). The molecule has 2 aromatic rings. The highest BCUT2D eigenvalue weighted by Gasteiger charge is 2.21. The summed E-state index contributed by atoms with van der Waals surface area (Å²) in [6.07, 6.45) is 0.314. The molecule has 1 unspecified atom stereocenters. The molecule has 0 amide bonds. The molecule has 1 aromatic heterocycles. The zero-order valence-electron chi connectivity index (χ0n) is 12.9.